The first-order valence-electron chi connectivity index (χ1n) is 8.33. The molecule has 0 radical (unpaired) electrons. The first kappa shape index (κ1) is 15.3. The van der Waals surface area contributed by atoms with E-state index in [1.54, 1.807) is 0 Å². The van der Waals surface area contributed by atoms with Crippen LogP contribution in [-0.2, 0) is 6.42 Å². The van der Waals surface area contributed by atoms with E-state index in [0.717, 1.165) is 25.7 Å². The quantitative estimate of drug-likeness (QED) is 0.842. The minimum Gasteiger partial charge on any atom is -0.313 e. The molecule has 2 heteroatoms. The Kier molecular flexibility index (Phi) is 4.60. The summed E-state index contributed by atoms with van der Waals surface area (Å²) >= 11 is 0. The van der Waals surface area contributed by atoms with E-state index >= 15 is 0 Å². The molecule has 2 atom stereocenters. The second-order valence-electron chi connectivity index (χ2n) is 6.65. The fourth-order valence-electron chi connectivity index (χ4n) is 3.93. The van der Waals surface area contributed by atoms with Crippen LogP contribution in [0, 0.1) is 5.92 Å². The SMILES string of the molecule is NC1(N)CCCC(c2ccccc2)C1CCc1ccccc1. The van der Waals surface area contributed by atoms with Gasteiger partial charge in [-0.2, -0.15) is 0 Å². The first-order valence-corrected chi connectivity index (χ1v) is 8.33. The van der Waals surface area contributed by atoms with Crippen molar-refractivity contribution < 1.29 is 0 Å². The zero-order valence-electron chi connectivity index (χ0n) is 13.1. The van der Waals surface area contributed by atoms with Crippen LogP contribution in [0.1, 0.15) is 42.7 Å². The molecule has 0 aliphatic heterocycles. The molecule has 2 nitrogen and oxygen atoms in total. The van der Waals surface area contributed by atoms with Gasteiger partial charge < -0.3 is 11.5 Å². The van der Waals surface area contributed by atoms with E-state index in [2.05, 4.69) is 60.7 Å². The molecular weight excluding hydrogens is 268 g/mol. The van der Waals surface area contributed by atoms with Gasteiger partial charge in [-0.05, 0) is 55.1 Å². The van der Waals surface area contributed by atoms with E-state index in [4.69, 9.17) is 11.5 Å². The van der Waals surface area contributed by atoms with Gasteiger partial charge in [0.05, 0.1) is 5.66 Å². The Morgan fingerprint density at radius 1 is 0.909 bits per heavy atom. The van der Waals surface area contributed by atoms with Gasteiger partial charge >= 0.3 is 0 Å². The van der Waals surface area contributed by atoms with Crippen LogP contribution in [0.15, 0.2) is 60.7 Å². The van der Waals surface area contributed by atoms with Crippen LogP contribution in [0.5, 0.6) is 0 Å². The molecule has 2 aromatic carbocycles. The van der Waals surface area contributed by atoms with Crippen LogP contribution in [0.25, 0.3) is 0 Å². The van der Waals surface area contributed by atoms with E-state index in [1.165, 1.54) is 17.5 Å². The topological polar surface area (TPSA) is 52.0 Å². The lowest BCUT2D eigenvalue weighted by Crippen LogP contribution is -2.59. The largest absolute Gasteiger partial charge is 0.313 e. The highest BCUT2D eigenvalue weighted by molar-refractivity contribution is 5.23. The van der Waals surface area contributed by atoms with Gasteiger partial charge in [0, 0.05) is 0 Å². The van der Waals surface area contributed by atoms with Crippen molar-refractivity contribution in [2.75, 3.05) is 0 Å². The van der Waals surface area contributed by atoms with Gasteiger partial charge in [-0.15, -0.1) is 0 Å². The minimum atomic E-state index is -0.548. The van der Waals surface area contributed by atoms with Crippen molar-refractivity contribution in [1.29, 1.82) is 0 Å². The number of hydrogen-bond donors (Lipinski definition) is 2. The molecule has 0 amide bonds. The van der Waals surface area contributed by atoms with Gasteiger partial charge in [-0.3, -0.25) is 0 Å². The molecule has 0 aromatic heterocycles. The molecule has 0 spiro atoms. The molecule has 1 fully saturated rings. The molecule has 1 saturated carbocycles. The third-order valence-corrected chi connectivity index (χ3v) is 5.12. The predicted octanol–water partition coefficient (Wildman–Crippen LogP) is 3.82. The van der Waals surface area contributed by atoms with Crippen LogP contribution in [-0.4, -0.2) is 5.66 Å². The number of rotatable bonds is 4. The van der Waals surface area contributed by atoms with Gasteiger partial charge in [0.15, 0.2) is 0 Å². The van der Waals surface area contributed by atoms with Gasteiger partial charge in [0.1, 0.15) is 0 Å². The van der Waals surface area contributed by atoms with Crippen LogP contribution in [0.3, 0.4) is 0 Å². The Hall–Kier alpha value is -1.64. The van der Waals surface area contributed by atoms with Gasteiger partial charge in [-0.1, -0.05) is 60.7 Å². The summed E-state index contributed by atoms with van der Waals surface area (Å²) in [7, 11) is 0. The Morgan fingerprint density at radius 2 is 1.55 bits per heavy atom. The second kappa shape index (κ2) is 6.64. The predicted molar refractivity (Wildman–Crippen MR) is 92.4 cm³/mol. The highest BCUT2D eigenvalue weighted by atomic mass is 15.0. The number of benzene rings is 2. The number of aryl methyl sites for hydroxylation is 1. The average Bonchev–Trinajstić information content (AvgIpc) is 2.55. The van der Waals surface area contributed by atoms with Crippen molar-refractivity contribution in [3.05, 3.63) is 71.8 Å². The third-order valence-electron chi connectivity index (χ3n) is 5.12. The van der Waals surface area contributed by atoms with E-state index in [1.807, 2.05) is 0 Å². The summed E-state index contributed by atoms with van der Waals surface area (Å²) < 4.78 is 0. The Labute approximate surface area is 133 Å². The second-order valence-corrected chi connectivity index (χ2v) is 6.65. The molecule has 1 aliphatic rings. The molecule has 1 aliphatic carbocycles. The van der Waals surface area contributed by atoms with Gasteiger partial charge in [0.25, 0.3) is 0 Å². The molecule has 0 bridgehead atoms. The maximum Gasteiger partial charge on any atom is 0.0671 e. The molecule has 22 heavy (non-hydrogen) atoms. The summed E-state index contributed by atoms with van der Waals surface area (Å²) in [5.74, 6) is 0.817. The maximum absolute atomic E-state index is 6.49. The molecule has 116 valence electrons. The lowest BCUT2D eigenvalue weighted by Gasteiger charge is -2.44. The molecular formula is C20H26N2. The van der Waals surface area contributed by atoms with Crippen molar-refractivity contribution in [2.24, 2.45) is 17.4 Å². The van der Waals surface area contributed by atoms with E-state index in [9.17, 15) is 0 Å². The molecule has 0 heterocycles. The summed E-state index contributed by atoms with van der Waals surface area (Å²) in [6.45, 7) is 0. The smallest absolute Gasteiger partial charge is 0.0671 e. The Balaban J connectivity index is 1.79. The average molecular weight is 294 g/mol. The normalized spacial score (nSPS) is 24.1. The maximum atomic E-state index is 6.49. The number of hydrogen-bond acceptors (Lipinski definition) is 2. The monoisotopic (exact) mass is 294 g/mol. The fourth-order valence-corrected chi connectivity index (χ4v) is 3.93. The molecule has 3 rings (SSSR count). The van der Waals surface area contributed by atoms with Crippen molar-refractivity contribution in [1.82, 2.24) is 0 Å². The summed E-state index contributed by atoms with van der Waals surface area (Å²) in [4.78, 5) is 0. The summed E-state index contributed by atoms with van der Waals surface area (Å²) in [5, 5.41) is 0. The Bertz CT molecular complexity index is 577. The Morgan fingerprint density at radius 3 is 2.23 bits per heavy atom. The van der Waals surface area contributed by atoms with Gasteiger partial charge in [0.2, 0.25) is 0 Å². The molecule has 0 saturated heterocycles. The highest BCUT2D eigenvalue weighted by Crippen LogP contribution is 2.42. The van der Waals surface area contributed by atoms with Crippen molar-refractivity contribution in [3.8, 4) is 0 Å². The van der Waals surface area contributed by atoms with Crippen LogP contribution in [0.4, 0.5) is 0 Å². The minimum absolute atomic E-state index is 0.337. The van der Waals surface area contributed by atoms with E-state index < -0.39 is 5.66 Å². The lowest BCUT2D eigenvalue weighted by molar-refractivity contribution is 0.156. The molecule has 4 N–H and O–H groups in total. The van der Waals surface area contributed by atoms with Crippen molar-refractivity contribution >= 4 is 0 Å². The van der Waals surface area contributed by atoms with E-state index in [0.29, 0.717) is 11.8 Å². The van der Waals surface area contributed by atoms with Gasteiger partial charge in [-0.25, -0.2) is 0 Å². The first-order chi connectivity index (χ1) is 10.7. The summed E-state index contributed by atoms with van der Waals surface area (Å²) in [5.41, 5.74) is 15.2. The molecule has 2 unspecified atom stereocenters. The summed E-state index contributed by atoms with van der Waals surface area (Å²) in [6.07, 6.45) is 5.34. The van der Waals surface area contributed by atoms with Crippen molar-refractivity contribution in [2.45, 2.75) is 43.7 Å². The lowest BCUT2D eigenvalue weighted by atomic mass is 9.67. The van der Waals surface area contributed by atoms with Crippen LogP contribution >= 0.6 is 0 Å². The van der Waals surface area contributed by atoms with Crippen LogP contribution < -0.4 is 11.5 Å². The number of nitrogens with two attached hydrogens (primary N) is 2. The highest BCUT2D eigenvalue weighted by Gasteiger charge is 2.40. The van der Waals surface area contributed by atoms with E-state index in [-0.39, 0.29) is 0 Å². The van der Waals surface area contributed by atoms with Crippen LogP contribution in [0.2, 0.25) is 0 Å². The summed E-state index contributed by atoms with van der Waals surface area (Å²) in [6, 6.07) is 21.4. The standard InChI is InChI=1S/C20H26N2/c21-20(22)15-7-12-18(17-10-5-2-6-11-17)19(20)14-13-16-8-3-1-4-9-16/h1-6,8-11,18-19H,7,12-15,21-22H2. The van der Waals surface area contributed by atoms with Crippen molar-refractivity contribution in [3.63, 3.8) is 0 Å². The zero-order chi connectivity index (χ0) is 15.4. The molecule has 2 aromatic rings. The fraction of sp³-hybridized carbons (Fsp3) is 0.400. The third kappa shape index (κ3) is 3.40. The zero-order valence-corrected chi connectivity index (χ0v) is 13.1.